The molecule has 1 saturated heterocycles. The second-order valence-corrected chi connectivity index (χ2v) is 4.34. The Kier molecular flexibility index (Phi) is 3.54. The quantitative estimate of drug-likeness (QED) is 0.726. The van der Waals surface area contributed by atoms with Gasteiger partial charge >= 0.3 is 0 Å². The zero-order valence-electron chi connectivity index (χ0n) is 8.22. The Morgan fingerprint density at radius 1 is 1.53 bits per heavy atom. The molecule has 1 fully saturated rings. The fraction of sp³-hybridized carbons (Fsp3) is 0.500. The summed E-state index contributed by atoms with van der Waals surface area (Å²) in [7, 11) is 0. The fourth-order valence-electron chi connectivity index (χ4n) is 1.40. The standard InChI is InChI=1S/C10H11N3OS/c11-4-8-5-13-10(6-12-8)15-7-9-2-1-3-14-9/h5-6,9H,1-3,7H2. The molecule has 5 heteroatoms. The zero-order valence-corrected chi connectivity index (χ0v) is 9.04. The van der Waals surface area contributed by atoms with Gasteiger partial charge in [-0.1, -0.05) is 0 Å². The minimum absolute atomic E-state index is 0.354. The smallest absolute Gasteiger partial charge is 0.158 e. The Hall–Kier alpha value is -1.12. The zero-order chi connectivity index (χ0) is 10.5. The Labute approximate surface area is 92.7 Å². The van der Waals surface area contributed by atoms with E-state index in [1.165, 1.54) is 6.20 Å². The van der Waals surface area contributed by atoms with Crippen molar-refractivity contribution in [3.05, 3.63) is 18.1 Å². The van der Waals surface area contributed by atoms with E-state index < -0.39 is 0 Å². The number of hydrogen-bond donors (Lipinski definition) is 0. The number of ether oxygens (including phenoxy) is 1. The predicted molar refractivity (Wildman–Crippen MR) is 56.4 cm³/mol. The molecule has 1 aliphatic rings. The van der Waals surface area contributed by atoms with Crippen molar-refractivity contribution in [1.82, 2.24) is 9.97 Å². The van der Waals surface area contributed by atoms with Crippen molar-refractivity contribution in [1.29, 1.82) is 5.26 Å². The topological polar surface area (TPSA) is 58.8 Å². The number of hydrogen-bond acceptors (Lipinski definition) is 5. The molecule has 0 amide bonds. The molecule has 0 N–H and O–H groups in total. The molecule has 0 radical (unpaired) electrons. The number of nitrogens with zero attached hydrogens (tertiary/aromatic N) is 3. The Balaban J connectivity index is 1.85. The van der Waals surface area contributed by atoms with Gasteiger partial charge in [0.25, 0.3) is 0 Å². The predicted octanol–water partition coefficient (Wildman–Crippen LogP) is 1.62. The average molecular weight is 221 g/mol. The Morgan fingerprint density at radius 2 is 2.47 bits per heavy atom. The van der Waals surface area contributed by atoms with E-state index in [4.69, 9.17) is 10.00 Å². The van der Waals surface area contributed by atoms with Gasteiger partial charge in [-0.15, -0.1) is 11.8 Å². The molecule has 0 spiro atoms. The van der Waals surface area contributed by atoms with Gasteiger partial charge in [0.15, 0.2) is 5.69 Å². The first-order valence-corrected chi connectivity index (χ1v) is 5.83. The summed E-state index contributed by atoms with van der Waals surface area (Å²) < 4.78 is 5.50. The molecule has 4 nitrogen and oxygen atoms in total. The molecule has 0 bridgehead atoms. The minimum atomic E-state index is 0.354. The van der Waals surface area contributed by atoms with Crippen molar-refractivity contribution in [2.75, 3.05) is 12.4 Å². The van der Waals surface area contributed by atoms with Crippen molar-refractivity contribution >= 4 is 11.8 Å². The lowest BCUT2D eigenvalue weighted by Crippen LogP contribution is -2.07. The second-order valence-electron chi connectivity index (χ2n) is 3.30. The normalized spacial score (nSPS) is 20.1. The van der Waals surface area contributed by atoms with Crippen molar-refractivity contribution in [3.8, 4) is 6.07 Å². The van der Waals surface area contributed by atoms with Gasteiger partial charge in [0, 0.05) is 12.4 Å². The second kappa shape index (κ2) is 5.10. The van der Waals surface area contributed by atoms with Crippen LogP contribution in [0, 0.1) is 11.3 Å². The van der Waals surface area contributed by atoms with Crippen molar-refractivity contribution < 1.29 is 4.74 Å². The van der Waals surface area contributed by atoms with E-state index in [0.29, 0.717) is 11.8 Å². The van der Waals surface area contributed by atoms with E-state index in [2.05, 4.69) is 9.97 Å². The summed E-state index contributed by atoms with van der Waals surface area (Å²) in [5.74, 6) is 0.917. The fourth-order valence-corrected chi connectivity index (χ4v) is 2.28. The number of thioether (sulfide) groups is 1. The van der Waals surface area contributed by atoms with Crippen LogP contribution in [-0.4, -0.2) is 28.4 Å². The third-order valence-corrected chi connectivity index (χ3v) is 3.23. The third-order valence-electron chi connectivity index (χ3n) is 2.18. The SMILES string of the molecule is N#Cc1cnc(SCC2CCCO2)cn1. The van der Waals surface area contributed by atoms with E-state index in [9.17, 15) is 0 Å². The molecule has 0 saturated carbocycles. The van der Waals surface area contributed by atoms with E-state index >= 15 is 0 Å². The van der Waals surface area contributed by atoms with Crippen molar-refractivity contribution in [2.45, 2.75) is 24.0 Å². The van der Waals surface area contributed by atoms with Gasteiger partial charge in [0.2, 0.25) is 0 Å². The molecule has 1 unspecified atom stereocenters. The number of rotatable bonds is 3. The van der Waals surface area contributed by atoms with Gasteiger partial charge in [-0.05, 0) is 12.8 Å². The first-order chi connectivity index (χ1) is 7.38. The van der Waals surface area contributed by atoms with Crippen LogP contribution in [0.15, 0.2) is 17.4 Å². The first kappa shape index (κ1) is 10.4. The molecule has 0 aliphatic carbocycles. The van der Waals surface area contributed by atoms with Crippen LogP contribution in [0.2, 0.25) is 0 Å². The van der Waals surface area contributed by atoms with Gasteiger partial charge in [-0.3, -0.25) is 0 Å². The highest BCUT2D eigenvalue weighted by atomic mass is 32.2. The molecule has 15 heavy (non-hydrogen) atoms. The lowest BCUT2D eigenvalue weighted by Gasteiger charge is -2.07. The summed E-state index contributed by atoms with van der Waals surface area (Å²) >= 11 is 1.63. The lowest BCUT2D eigenvalue weighted by molar-refractivity contribution is 0.129. The molecule has 1 aliphatic heterocycles. The molecular weight excluding hydrogens is 210 g/mol. The van der Waals surface area contributed by atoms with Crippen molar-refractivity contribution in [2.24, 2.45) is 0 Å². The molecule has 2 heterocycles. The maximum atomic E-state index is 8.55. The number of nitriles is 1. The van der Waals surface area contributed by atoms with E-state index in [0.717, 1.165) is 30.2 Å². The molecule has 1 aromatic heterocycles. The molecule has 78 valence electrons. The minimum Gasteiger partial charge on any atom is -0.377 e. The summed E-state index contributed by atoms with van der Waals surface area (Å²) in [4.78, 5) is 8.09. The average Bonchev–Trinajstić information content (AvgIpc) is 2.80. The van der Waals surface area contributed by atoms with Crippen LogP contribution in [0.1, 0.15) is 18.5 Å². The molecule has 1 aromatic rings. The van der Waals surface area contributed by atoms with Crippen LogP contribution in [0.3, 0.4) is 0 Å². The lowest BCUT2D eigenvalue weighted by atomic mass is 10.3. The first-order valence-electron chi connectivity index (χ1n) is 4.85. The van der Waals surface area contributed by atoms with Gasteiger partial charge in [-0.25, -0.2) is 9.97 Å². The van der Waals surface area contributed by atoms with Gasteiger partial charge in [0.1, 0.15) is 11.1 Å². The van der Waals surface area contributed by atoms with Crippen LogP contribution in [0.4, 0.5) is 0 Å². The summed E-state index contributed by atoms with van der Waals surface area (Å²) in [6, 6.07) is 1.94. The third kappa shape index (κ3) is 2.91. The maximum Gasteiger partial charge on any atom is 0.158 e. The Bertz CT molecular complexity index is 354. The Morgan fingerprint density at radius 3 is 3.07 bits per heavy atom. The molecule has 0 aromatic carbocycles. The summed E-state index contributed by atoms with van der Waals surface area (Å²) in [6.45, 7) is 0.879. The van der Waals surface area contributed by atoms with Crippen LogP contribution in [-0.2, 0) is 4.74 Å². The summed E-state index contributed by atoms with van der Waals surface area (Å²) in [5.41, 5.74) is 0.358. The van der Waals surface area contributed by atoms with Crippen molar-refractivity contribution in [3.63, 3.8) is 0 Å². The maximum absolute atomic E-state index is 8.55. The molecular formula is C10H11N3OS. The summed E-state index contributed by atoms with van der Waals surface area (Å²) in [5, 5.41) is 9.40. The van der Waals surface area contributed by atoms with Crippen LogP contribution >= 0.6 is 11.8 Å². The summed E-state index contributed by atoms with van der Waals surface area (Å²) in [6.07, 6.45) is 5.78. The highest BCUT2D eigenvalue weighted by Crippen LogP contribution is 2.21. The van der Waals surface area contributed by atoms with Crippen LogP contribution < -0.4 is 0 Å². The van der Waals surface area contributed by atoms with Gasteiger partial charge in [-0.2, -0.15) is 5.26 Å². The van der Waals surface area contributed by atoms with E-state index in [1.54, 1.807) is 18.0 Å². The number of aromatic nitrogens is 2. The molecule has 1 atom stereocenters. The van der Waals surface area contributed by atoms with Crippen LogP contribution in [0.5, 0.6) is 0 Å². The molecule has 2 rings (SSSR count). The highest BCUT2D eigenvalue weighted by Gasteiger charge is 2.15. The van der Waals surface area contributed by atoms with Crippen LogP contribution in [0.25, 0.3) is 0 Å². The largest absolute Gasteiger partial charge is 0.377 e. The van der Waals surface area contributed by atoms with Gasteiger partial charge in [0.05, 0.1) is 18.5 Å². The highest BCUT2D eigenvalue weighted by molar-refractivity contribution is 7.99. The van der Waals surface area contributed by atoms with E-state index in [-0.39, 0.29) is 0 Å². The monoisotopic (exact) mass is 221 g/mol. The van der Waals surface area contributed by atoms with E-state index in [1.807, 2.05) is 6.07 Å². The van der Waals surface area contributed by atoms with Gasteiger partial charge < -0.3 is 4.74 Å².